The van der Waals surface area contributed by atoms with E-state index in [9.17, 15) is 13.6 Å². The van der Waals surface area contributed by atoms with Crippen molar-refractivity contribution in [2.24, 2.45) is 0 Å². The normalized spacial score (nSPS) is 10.4. The third-order valence-electron chi connectivity index (χ3n) is 2.42. The van der Waals surface area contributed by atoms with Crippen molar-refractivity contribution in [2.45, 2.75) is 0 Å². The number of amides is 1. The van der Waals surface area contributed by atoms with Gasteiger partial charge in [0.15, 0.2) is 0 Å². The maximum absolute atomic E-state index is 13.6. The lowest BCUT2D eigenvalue weighted by Gasteiger charge is -2.10. The Balaban J connectivity index is 2.35. The van der Waals surface area contributed by atoms with Gasteiger partial charge >= 0.3 is 0 Å². The van der Waals surface area contributed by atoms with Gasteiger partial charge in [-0.25, -0.2) is 8.78 Å². The molecule has 0 saturated carbocycles. The number of carbonyl (C=O) groups is 1. The van der Waals surface area contributed by atoms with Gasteiger partial charge in [-0.1, -0.05) is 39.1 Å². The number of anilines is 1. The summed E-state index contributed by atoms with van der Waals surface area (Å²) in [4.78, 5) is 12.0. The third kappa shape index (κ3) is 3.29. The van der Waals surface area contributed by atoms with Crippen molar-refractivity contribution in [1.29, 1.82) is 0 Å². The standard InChI is InChI=1S/C13H6BrCl2F2NO/c14-6-1-2-11(18)8(3-6)13(20)19-12-9(15)4-7(17)5-10(12)16/h1-5H,(H,19,20). The molecule has 1 amide bonds. The van der Waals surface area contributed by atoms with Crippen molar-refractivity contribution in [3.63, 3.8) is 0 Å². The summed E-state index contributed by atoms with van der Waals surface area (Å²) in [7, 11) is 0. The van der Waals surface area contributed by atoms with Crippen LogP contribution in [0, 0.1) is 11.6 Å². The average Bonchev–Trinajstić information content (AvgIpc) is 2.36. The minimum atomic E-state index is -0.737. The van der Waals surface area contributed by atoms with E-state index in [2.05, 4.69) is 21.2 Å². The van der Waals surface area contributed by atoms with Crippen LogP contribution >= 0.6 is 39.1 Å². The average molecular weight is 381 g/mol. The van der Waals surface area contributed by atoms with E-state index in [1.54, 1.807) is 0 Å². The molecule has 0 atom stereocenters. The SMILES string of the molecule is O=C(Nc1c(Cl)cc(F)cc1Cl)c1cc(Br)ccc1F. The molecule has 0 aromatic heterocycles. The first kappa shape index (κ1) is 15.2. The maximum Gasteiger partial charge on any atom is 0.258 e. The van der Waals surface area contributed by atoms with E-state index in [4.69, 9.17) is 23.2 Å². The molecule has 104 valence electrons. The first-order valence-corrected chi connectivity index (χ1v) is 6.84. The Morgan fingerprint density at radius 2 is 1.70 bits per heavy atom. The molecule has 1 N–H and O–H groups in total. The van der Waals surface area contributed by atoms with Crippen molar-refractivity contribution in [3.05, 3.63) is 62.0 Å². The highest BCUT2D eigenvalue weighted by molar-refractivity contribution is 9.10. The van der Waals surface area contributed by atoms with Gasteiger partial charge in [0.1, 0.15) is 11.6 Å². The number of nitrogens with one attached hydrogen (secondary N) is 1. The second-order valence-corrected chi connectivity index (χ2v) is 5.55. The highest BCUT2D eigenvalue weighted by Gasteiger charge is 2.16. The van der Waals surface area contributed by atoms with E-state index in [0.717, 1.165) is 18.2 Å². The van der Waals surface area contributed by atoms with E-state index in [1.165, 1.54) is 12.1 Å². The fraction of sp³-hybridized carbons (Fsp3) is 0. The molecule has 0 unspecified atom stereocenters. The Kier molecular flexibility index (Phi) is 4.62. The number of rotatable bonds is 2. The Morgan fingerprint density at radius 3 is 2.30 bits per heavy atom. The molecule has 2 aromatic carbocycles. The molecule has 7 heteroatoms. The van der Waals surface area contributed by atoms with Crippen LogP contribution in [0.1, 0.15) is 10.4 Å². The molecule has 0 bridgehead atoms. The lowest BCUT2D eigenvalue weighted by molar-refractivity contribution is 0.102. The van der Waals surface area contributed by atoms with Gasteiger partial charge in [-0.2, -0.15) is 0 Å². The molecule has 20 heavy (non-hydrogen) atoms. The Labute approximate surface area is 131 Å². The van der Waals surface area contributed by atoms with E-state index in [0.29, 0.717) is 4.47 Å². The first-order chi connectivity index (χ1) is 9.38. The number of hydrogen-bond acceptors (Lipinski definition) is 1. The van der Waals surface area contributed by atoms with Crippen molar-refractivity contribution in [1.82, 2.24) is 0 Å². The molecular weight excluding hydrogens is 375 g/mol. The van der Waals surface area contributed by atoms with Crippen molar-refractivity contribution >= 4 is 50.7 Å². The van der Waals surface area contributed by atoms with Gasteiger partial charge in [-0.05, 0) is 30.3 Å². The zero-order valence-electron chi connectivity index (χ0n) is 9.68. The molecular formula is C13H6BrCl2F2NO. The second-order valence-electron chi connectivity index (χ2n) is 3.82. The summed E-state index contributed by atoms with van der Waals surface area (Å²) < 4.78 is 27.2. The van der Waals surface area contributed by atoms with Crippen molar-refractivity contribution in [2.75, 3.05) is 5.32 Å². The van der Waals surface area contributed by atoms with Gasteiger partial charge in [0.2, 0.25) is 0 Å². The number of hydrogen-bond donors (Lipinski definition) is 1. The molecule has 0 aliphatic heterocycles. The van der Waals surface area contributed by atoms with Gasteiger partial charge in [-0.3, -0.25) is 4.79 Å². The zero-order valence-corrected chi connectivity index (χ0v) is 12.8. The Hall–Kier alpha value is -1.17. The van der Waals surface area contributed by atoms with Crippen molar-refractivity contribution in [3.8, 4) is 0 Å². The smallest absolute Gasteiger partial charge is 0.258 e. The molecule has 0 fully saturated rings. The van der Waals surface area contributed by atoms with Gasteiger partial charge in [0.25, 0.3) is 5.91 Å². The number of benzene rings is 2. The van der Waals surface area contributed by atoms with Crippen LogP contribution in [0.25, 0.3) is 0 Å². The quantitative estimate of drug-likeness (QED) is 0.753. The molecule has 0 saturated heterocycles. The molecule has 2 rings (SSSR count). The van der Waals surface area contributed by atoms with E-state index in [-0.39, 0.29) is 21.3 Å². The van der Waals surface area contributed by atoms with Crippen LogP contribution in [-0.4, -0.2) is 5.91 Å². The summed E-state index contributed by atoms with van der Waals surface area (Å²) in [5.74, 6) is -2.06. The number of carbonyl (C=O) groups excluding carboxylic acids is 1. The van der Waals surface area contributed by atoms with Crippen LogP contribution in [0.15, 0.2) is 34.8 Å². The maximum atomic E-state index is 13.6. The first-order valence-electron chi connectivity index (χ1n) is 5.29. The van der Waals surface area contributed by atoms with Crippen LogP contribution in [0.4, 0.5) is 14.5 Å². The molecule has 0 aliphatic rings. The summed E-state index contributed by atoms with van der Waals surface area (Å²) in [6.07, 6.45) is 0. The molecule has 2 nitrogen and oxygen atoms in total. The van der Waals surface area contributed by atoms with Crippen LogP contribution in [0.5, 0.6) is 0 Å². The molecule has 2 aromatic rings. The fourth-order valence-electron chi connectivity index (χ4n) is 1.51. The summed E-state index contributed by atoms with van der Waals surface area (Å²) in [5, 5.41) is 2.22. The van der Waals surface area contributed by atoms with E-state index < -0.39 is 17.5 Å². The van der Waals surface area contributed by atoms with E-state index >= 15 is 0 Å². The highest BCUT2D eigenvalue weighted by atomic mass is 79.9. The molecule has 0 radical (unpaired) electrons. The monoisotopic (exact) mass is 379 g/mol. The lowest BCUT2D eigenvalue weighted by Crippen LogP contribution is -2.14. The predicted octanol–water partition coefficient (Wildman–Crippen LogP) is 5.29. The summed E-state index contributed by atoms with van der Waals surface area (Å²) >= 11 is 14.7. The van der Waals surface area contributed by atoms with Crippen LogP contribution in [0.3, 0.4) is 0 Å². The second kappa shape index (κ2) is 6.08. The van der Waals surface area contributed by atoms with Gasteiger partial charge in [-0.15, -0.1) is 0 Å². The predicted molar refractivity (Wildman–Crippen MR) is 78.5 cm³/mol. The number of halogens is 5. The fourth-order valence-corrected chi connectivity index (χ4v) is 2.43. The van der Waals surface area contributed by atoms with Crippen LogP contribution < -0.4 is 5.32 Å². The van der Waals surface area contributed by atoms with Crippen LogP contribution in [0.2, 0.25) is 10.0 Å². The third-order valence-corrected chi connectivity index (χ3v) is 3.51. The van der Waals surface area contributed by atoms with E-state index in [1.807, 2.05) is 0 Å². The minimum Gasteiger partial charge on any atom is -0.319 e. The Bertz CT molecular complexity index is 671. The van der Waals surface area contributed by atoms with Gasteiger partial charge in [0.05, 0.1) is 21.3 Å². The topological polar surface area (TPSA) is 29.1 Å². The van der Waals surface area contributed by atoms with Crippen LogP contribution in [-0.2, 0) is 0 Å². The summed E-state index contributed by atoms with van der Waals surface area (Å²) in [6.45, 7) is 0. The van der Waals surface area contributed by atoms with Gasteiger partial charge in [0, 0.05) is 4.47 Å². The van der Waals surface area contributed by atoms with Gasteiger partial charge < -0.3 is 5.32 Å². The Morgan fingerprint density at radius 1 is 1.10 bits per heavy atom. The molecule has 0 spiro atoms. The lowest BCUT2D eigenvalue weighted by atomic mass is 10.2. The summed E-state index contributed by atoms with van der Waals surface area (Å²) in [5.41, 5.74) is -0.157. The zero-order chi connectivity index (χ0) is 14.9. The molecule has 0 heterocycles. The van der Waals surface area contributed by atoms with Crippen molar-refractivity contribution < 1.29 is 13.6 Å². The largest absolute Gasteiger partial charge is 0.319 e. The minimum absolute atomic E-state index is 0.0270. The molecule has 0 aliphatic carbocycles. The summed E-state index contributed by atoms with van der Waals surface area (Å²) in [6, 6.07) is 5.92. The highest BCUT2D eigenvalue weighted by Crippen LogP contribution is 2.32.